The van der Waals surface area contributed by atoms with Gasteiger partial charge in [-0.2, -0.15) is 0 Å². The monoisotopic (exact) mass is 548 g/mol. The maximum absolute atomic E-state index is 13.2. The zero-order valence-corrected chi connectivity index (χ0v) is 22.3. The quantitative estimate of drug-likeness (QED) is 0.292. The van der Waals surface area contributed by atoms with Gasteiger partial charge in [0.15, 0.2) is 11.5 Å². The molecular weight excluding hydrogens is 523 g/mol. The maximum atomic E-state index is 13.2. The number of Topliss-reactive ketones (excluding diaryl/α,β-unsaturated/α-hetero) is 1. The number of phenols is 1. The first-order chi connectivity index (χ1) is 18.4. The Morgan fingerprint density at radius 3 is 2.29 bits per heavy atom. The van der Waals surface area contributed by atoms with E-state index in [2.05, 4.69) is 37.1 Å². The summed E-state index contributed by atoms with van der Waals surface area (Å²) in [7, 11) is 2.11. The Balaban J connectivity index is 1.40. The lowest BCUT2D eigenvalue weighted by atomic mass is 9.99. The SMILES string of the molecule is CN1CCN(c2ncc(Nc3c(C(=O)C4CC4)cnc4ccc(-c5cc(Cl)c(O)c(Cl)c5)cc34)cn2)CC1. The molecule has 1 aliphatic heterocycles. The molecule has 0 spiro atoms. The summed E-state index contributed by atoms with van der Waals surface area (Å²) in [6.07, 6.45) is 6.94. The molecule has 1 saturated carbocycles. The Kier molecular flexibility index (Phi) is 6.55. The molecule has 1 saturated heterocycles. The predicted octanol–water partition coefficient (Wildman–Crippen LogP) is 5.79. The number of pyridine rings is 1. The number of nitrogens with zero attached hydrogens (tertiary/aromatic N) is 5. The number of nitrogens with one attached hydrogen (secondary N) is 1. The van der Waals surface area contributed by atoms with E-state index >= 15 is 0 Å². The van der Waals surface area contributed by atoms with Crippen LogP contribution in [0.15, 0.2) is 48.9 Å². The van der Waals surface area contributed by atoms with Crippen LogP contribution >= 0.6 is 23.2 Å². The van der Waals surface area contributed by atoms with E-state index < -0.39 is 0 Å². The first-order valence-electron chi connectivity index (χ1n) is 12.6. The van der Waals surface area contributed by atoms with Crippen LogP contribution in [0.3, 0.4) is 0 Å². The summed E-state index contributed by atoms with van der Waals surface area (Å²) in [5, 5.41) is 14.5. The van der Waals surface area contributed by atoms with Gasteiger partial charge >= 0.3 is 0 Å². The average Bonchev–Trinajstić information content (AvgIpc) is 3.78. The minimum atomic E-state index is -0.153. The van der Waals surface area contributed by atoms with Gasteiger partial charge in [0.05, 0.1) is 44.9 Å². The highest BCUT2D eigenvalue weighted by molar-refractivity contribution is 6.37. The molecule has 3 heterocycles. The fourth-order valence-electron chi connectivity index (χ4n) is 4.69. The third-order valence-electron chi connectivity index (χ3n) is 7.13. The number of aromatic hydroxyl groups is 1. The molecule has 2 aliphatic rings. The largest absolute Gasteiger partial charge is 0.505 e. The Hall–Kier alpha value is -3.46. The number of rotatable bonds is 6. The van der Waals surface area contributed by atoms with Crippen LogP contribution in [0.5, 0.6) is 5.75 Å². The number of hydrogen-bond donors (Lipinski definition) is 2. The summed E-state index contributed by atoms with van der Waals surface area (Å²) in [5.41, 5.74) is 4.19. The summed E-state index contributed by atoms with van der Waals surface area (Å²) >= 11 is 12.4. The fourth-order valence-corrected chi connectivity index (χ4v) is 5.18. The van der Waals surface area contributed by atoms with Crippen molar-refractivity contribution >= 4 is 57.2 Å². The first-order valence-corrected chi connectivity index (χ1v) is 13.3. The van der Waals surface area contributed by atoms with Crippen LogP contribution in [-0.4, -0.2) is 64.0 Å². The molecule has 8 nitrogen and oxygen atoms in total. The van der Waals surface area contributed by atoms with Crippen molar-refractivity contribution in [3.05, 3.63) is 64.5 Å². The highest BCUT2D eigenvalue weighted by atomic mass is 35.5. The lowest BCUT2D eigenvalue weighted by molar-refractivity contribution is 0.0968. The van der Waals surface area contributed by atoms with Crippen molar-refractivity contribution < 1.29 is 9.90 Å². The maximum Gasteiger partial charge on any atom is 0.225 e. The van der Waals surface area contributed by atoms with E-state index in [1.165, 1.54) is 0 Å². The number of halogens is 2. The molecule has 2 aromatic heterocycles. The number of fused-ring (bicyclic) bond motifs is 1. The second-order valence-corrected chi connectivity index (χ2v) is 10.7. The number of likely N-dealkylation sites (N-methyl/N-ethyl adjacent to an activating group) is 1. The number of aromatic nitrogens is 3. The lowest BCUT2D eigenvalue weighted by Crippen LogP contribution is -2.45. The Labute approximate surface area is 230 Å². The van der Waals surface area contributed by atoms with E-state index in [4.69, 9.17) is 23.2 Å². The molecule has 38 heavy (non-hydrogen) atoms. The third kappa shape index (κ3) is 4.87. The van der Waals surface area contributed by atoms with E-state index in [1.54, 1.807) is 30.7 Å². The standard InChI is InChI=1S/C28H26Cl2N6O2/c1-35-6-8-36(9-7-35)28-32-13-19(14-33-28)34-25-20-10-17(18-11-22(29)27(38)23(30)12-18)4-5-24(20)31-15-21(25)26(37)16-2-3-16/h4-5,10-16,38H,2-3,6-9H2,1H3,(H,31,34). The van der Waals surface area contributed by atoms with Crippen LogP contribution in [-0.2, 0) is 0 Å². The number of piperazine rings is 1. The summed E-state index contributed by atoms with van der Waals surface area (Å²) in [5.74, 6) is 0.654. The highest BCUT2D eigenvalue weighted by Gasteiger charge is 2.32. The molecule has 0 amide bonds. The van der Waals surface area contributed by atoms with Crippen molar-refractivity contribution in [3.63, 3.8) is 0 Å². The smallest absolute Gasteiger partial charge is 0.225 e. The van der Waals surface area contributed by atoms with Crippen molar-refractivity contribution in [1.29, 1.82) is 0 Å². The van der Waals surface area contributed by atoms with E-state index in [1.807, 2.05) is 18.2 Å². The number of benzene rings is 2. The van der Waals surface area contributed by atoms with Gasteiger partial charge in [-0.1, -0.05) is 29.3 Å². The van der Waals surface area contributed by atoms with Crippen LogP contribution in [0, 0.1) is 5.92 Å². The summed E-state index contributed by atoms with van der Waals surface area (Å²) in [4.78, 5) is 31.5. The average molecular weight is 549 g/mol. The van der Waals surface area contributed by atoms with Crippen molar-refractivity contribution in [2.75, 3.05) is 43.4 Å². The van der Waals surface area contributed by atoms with Crippen LogP contribution in [0.4, 0.5) is 17.3 Å². The third-order valence-corrected chi connectivity index (χ3v) is 7.70. The zero-order valence-electron chi connectivity index (χ0n) is 20.8. The molecule has 6 rings (SSSR count). The second kappa shape index (κ2) is 10.0. The number of phenolic OH excluding ortho intramolecular Hbond substituents is 1. The van der Waals surface area contributed by atoms with Crippen molar-refractivity contribution in [2.45, 2.75) is 12.8 Å². The van der Waals surface area contributed by atoms with Crippen LogP contribution in [0.1, 0.15) is 23.2 Å². The van der Waals surface area contributed by atoms with Crippen LogP contribution in [0.2, 0.25) is 10.0 Å². The molecule has 4 aromatic rings. The van der Waals surface area contributed by atoms with E-state index in [0.29, 0.717) is 22.9 Å². The lowest BCUT2D eigenvalue weighted by Gasteiger charge is -2.32. The van der Waals surface area contributed by atoms with E-state index in [-0.39, 0.29) is 27.5 Å². The molecule has 0 radical (unpaired) electrons. The van der Waals surface area contributed by atoms with Gasteiger partial charge in [0, 0.05) is 43.7 Å². The molecule has 194 valence electrons. The molecule has 1 aliphatic carbocycles. The van der Waals surface area contributed by atoms with Gasteiger partial charge in [-0.15, -0.1) is 0 Å². The Morgan fingerprint density at radius 2 is 1.63 bits per heavy atom. The molecule has 2 fully saturated rings. The molecule has 0 unspecified atom stereocenters. The summed E-state index contributed by atoms with van der Waals surface area (Å²) < 4.78 is 0. The van der Waals surface area contributed by atoms with Crippen molar-refractivity contribution in [1.82, 2.24) is 19.9 Å². The molecule has 0 atom stereocenters. The van der Waals surface area contributed by atoms with Gasteiger partial charge in [-0.25, -0.2) is 9.97 Å². The van der Waals surface area contributed by atoms with Gasteiger partial charge < -0.3 is 20.2 Å². The molecule has 0 bridgehead atoms. The van der Waals surface area contributed by atoms with Crippen molar-refractivity contribution in [3.8, 4) is 16.9 Å². The van der Waals surface area contributed by atoms with E-state index in [9.17, 15) is 9.90 Å². The van der Waals surface area contributed by atoms with Gasteiger partial charge in [0.2, 0.25) is 5.95 Å². The summed E-state index contributed by atoms with van der Waals surface area (Å²) in [6, 6.07) is 9.08. The Morgan fingerprint density at radius 1 is 0.947 bits per heavy atom. The van der Waals surface area contributed by atoms with Crippen molar-refractivity contribution in [2.24, 2.45) is 5.92 Å². The van der Waals surface area contributed by atoms with Gasteiger partial charge in [0.1, 0.15) is 0 Å². The predicted molar refractivity (Wildman–Crippen MR) is 151 cm³/mol. The van der Waals surface area contributed by atoms with Gasteiger partial charge in [-0.3, -0.25) is 9.78 Å². The molecule has 2 N–H and O–H groups in total. The number of hydrogen-bond acceptors (Lipinski definition) is 8. The number of carbonyl (C=O) groups is 1. The Bertz CT molecular complexity index is 1510. The molecule has 2 aromatic carbocycles. The minimum Gasteiger partial charge on any atom is -0.505 e. The minimum absolute atomic E-state index is 0.0311. The number of ketones is 1. The molecule has 10 heteroatoms. The number of anilines is 3. The first kappa shape index (κ1) is 24.9. The number of carbonyl (C=O) groups excluding carboxylic acids is 1. The van der Waals surface area contributed by atoms with Crippen LogP contribution in [0.25, 0.3) is 22.0 Å². The van der Waals surface area contributed by atoms with Crippen LogP contribution < -0.4 is 10.2 Å². The second-order valence-electron chi connectivity index (χ2n) is 9.89. The normalized spacial score (nSPS) is 16.1. The van der Waals surface area contributed by atoms with Gasteiger partial charge in [-0.05, 0) is 55.3 Å². The summed E-state index contributed by atoms with van der Waals surface area (Å²) in [6.45, 7) is 3.70. The topological polar surface area (TPSA) is 94.5 Å². The highest BCUT2D eigenvalue weighted by Crippen LogP contribution is 2.40. The molecular formula is C28H26Cl2N6O2. The van der Waals surface area contributed by atoms with E-state index in [0.717, 1.165) is 61.1 Å². The fraction of sp³-hybridized carbons (Fsp3) is 0.286. The zero-order chi connectivity index (χ0) is 26.4. The van der Waals surface area contributed by atoms with Gasteiger partial charge in [0.25, 0.3) is 0 Å².